The van der Waals surface area contributed by atoms with E-state index in [1.54, 1.807) is 16.7 Å². The van der Waals surface area contributed by atoms with Gasteiger partial charge in [-0.2, -0.15) is 0 Å². The highest BCUT2D eigenvalue weighted by Crippen LogP contribution is 2.38. The van der Waals surface area contributed by atoms with E-state index >= 15 is 0 Å². The highest BCUT2D eigenvalue weighted by molar-refractivity contribution is 7.21. The Morgan fingerprint density at radius 1 is 1.15 bits per heavy atom. The molecular formula is C25H28N4O3S. The van der Waals surface area contributed by atoms with Crippen molar-refractivity contribution >= 4 is 39.2 Å². The Kier molecular flexibility index (Phi) is 5.93. The van der Waals surface area contributed by atoms with E-state index in [1.807, 2.05) is 6.07 Å². The predicted octanol–water partition coefficient (Wildman–Crippen LogP) is 4.07. The molecule has 1 aliphatic carbocycles. The molecule has 1 atom stereocenters. The number of piperazine rings is 1. The number of nitrogen functional groups attached to an aromatic ring is 1. The number of pyridine rings is 1. The third kappa shape index (κ3) is 4.15. The van der Waals surface area contributed by atoms with E-state index in [4.69, 9.17) is 15.5 Å². The Morgan fingerprint density at radius 2 is 1.88 bits per heavy atom. The number of aromatic nitrogens is 1. The number of anilines is 1. The summed E-state index contributed by atoms with van der Waals surface area (Å²) in [7, 11) is 0. The lowest BCUT2D eigenvalue weighted by Crippen LogP contribution is -2.50. The average Bonchev–Trinajstić information content (AvgIpc) is 3.18. The zero-order valence-electron chi connectivity index (χ0n) is 18.8. The zero-order chi connectivity index (χ0) is 22.9. The Bertz CT molecular complexity index is 1190. The van der Waals surface area contributed by atoms with Crippen molar-refractivity contribution in [2.24, 2.45) is 0 Å². The number of nitrogens with zero attached hydrogens (tertiary/aromatic N) is 3. The highest BCUT2D eigenvalue weighted by atomic mass is 32.1. The van der Waals surface area contributed by atoms with Gasteiger partial charge in [-0.3, -0.25) is 4.79 Å². The Hall–Kier alpha value is -3.13. The van der Waals surface area contributed by atoms with Crippen LogP contribution in [0.25, 0.3) is 10.2 Å². The van der Waals surface area contributed by atoms with Crippen molar-refractivity contribution in [3.8, 4) is 0 Å². The lowest BCUT2D eigenvalue weighted by molar-refractivity contribution is 0.0575. The molecule has 0 bridgehead atoms. The summed E-state index contributed by atoms with van der Waals surface area (Å²) in [5.41, 5.74) is 10.7. The summed E-state index contributed by atoms with van der Waals surface area (Å²) in [5, 5.41) is 0.876. The number of carbonyl (C=O) groups is 2. The van der Waals surface area contributed by atoms with Gasteiger partial charge in [-0.1, -0.05) is 30.3 Å². The van der Waals surface area contributed by atoms with E-state index in [0.29, 0.717) is 49.3 Å². The van der Waals surface area contributed by atoms with Crippen LogP contribution in [0, 0.1) is 0 Å². The van der Waals surface area contributed by atoms with E-state index in [-0.39, 0.29) is 12.0 Å². The molecule has 1 aliphatic heterocycles. The van der Waals surface area contributed by atoms with Crippen LogP contribution < -0.4 is 5.73 Å². The van der Waals surface area contributed by atoms with Gasteiger partial charge in [-0.15, -0.1) is 11.3 Å². The Labute approximate surface area is 197 Å². The zero-order valence-corrected chi connectivity index (χ0v) is 19.6. The molecule has 2 aliphatic rings. The fraction of sp³-hybridized carbons (Fsp3) is 0.400. The minimum atomic E-state index is -0.324. The van der Waals surface area contributed by atoms with E-state index in [1.165, 1.54) is 22.5 Å². The van der Waals surface area contributed by atoms with Gasteiger partial charge in [0.2, 0.25) is 0 Å². The van der Waals surface area contributed by atoms with Crippen LogP contribution in [0.1, 0.15) is 45.8 Å². The normalized spacial score (nSPS) is 18.3. The lowest BCUT2D eigenvalue weighted by atomic mass is 9.82. The molecule has 1 aromatic carbocycles. The molecule has 8 heteroatoms. The number of hydrogen-bond donors (Lipinski definition) is 1. The van der Waals surface area contributed by atoms with Crippen LogP contribution in [0.4, 0.5) is 10.5 Å². The van der Waals surface area contributed by atoms with Crippen molar-refractivity contribution in [2.45, 2.75) is 32.1 Å². The monoisotopic (exact) mass is 464 g/mol. The number of aryl methyl sites for hydroxylation is 1. The molecule has 0 spiro atoms. The van der Waals surface area contributed by atoms with Crippen molar-refractivity contribution in [1.29, 1.82) is 0 Å². The number of amides is 2. The van der Waals surface area contributed by atoms with Crippen molar-refractivity contribution in [2.75, 3.05) is 38.5 Å². The van der Waals surface area contributed by atoms with Gasteiger partial charge >= 0.3 is 6.09 Å². The number of ether oxygens (including phenoxy) is 1. The van der Waals surface area contributed by atoms with Gasteiger partial charge in [0.05, 0.1) is 12.3 Å². The Morgan fingerprint density at radius 3 is 2.61 bits per heavy atom. The van der Waals surface area contributed by atoms with Crippen molar-refractivity contribution in [3.63, 3.8) is 0 Å². The van der Waals surface area contributed by atoms with Crippen LogP contribution in [-0.2, 0) is 17.6 Å². The van der Waals surface area contributed by atoms with Gasteiger partial charge in [0.15, 0.2) is 0 Å². The number of thiophene rings is 1. The maximum absolute atomic E-state index is 13.2. The molecule has 1 unspecified atom stereocenters. The second-order valence-corrected chi connectivity index (χ2v) is 9.62. The summed E-state index contributed by atoms with van der Waals surface area (Å²) in [6.07, 6.45) is 2.63. The number of benzene rings is 1. The molecule has 3 aromatic rings. The van der Waals surface area contributed by atoms with Gasteiger partial charge in [0, 0.05) is 37.3 Å². The third-order valence-corrected chi connectivity index (χ3v) is 7.75. The minimum absolute atomic E-state index is 0.0841. The average molecular weight is 465 g/mol. The second kappa shape index (κ2) is 9.02. The minimum Gasteiger partial charge on any atom is -0.450 e. The van der Waals surface area contributed by atoms with E-state index in [9.17, 15) is 9.59 Å². The standard InChI is InChI=1S/C25H28N4O3S/c1-2-32-25(31)29-12-10-28(11-13-29)24(30)22-21(26)19-15-18-14-17(16-6-4-3-5-7-16)8-9-20(18)27-23(19)33-22/h3-7,15,17H,2,8-14,26H2,1H3. The summed E-state index contributed by atoms with van der Waals surface area (Å²) in [5.74, 6) is 0.397. The number of hydrogen-bond acceptors (Lipinski definition) is 6. The number of nitrogens with two attached hydrogens (primary N) is 1. The maximum atomic E-state index is 13.2. The van der Waals surface area contributed by atoms with Crippen LogP contribution in [0.5, 0.6) is 0 Å². The van der Waals surface area contributed by atoms with Crippen LogP contribution in [-0.4, -0.2) is 59.6 Å². The van der Waals surface area contributed by atoms with E-state index < -0.39 is 0 Å². The molecule has 3 heterocycles. The van der Waals surface area contributed by atoms with Crippen LogP contribution >= 0.6 is 11.3 Å². The van der Waals surface area contributed by atoms with Gasteiger partial charge in [-0.25, -0.2) is 9.78 Å². The number of fused-ring (bicyclic) bond motifs is 2. The summed E-state index contributed by atoms with van der Waals surface area (Å²) in [6.45, 7) is 3.99. The van der Waals surface area contributed by atoms with E-state index in [2.05, 4.69) is 30.3 Å². The topological polar surface area (TPSA) is 88.8 Å². The first kappa shape index (κ1) is 21.7. The van der Waals surface area contributed by atoms with Crippen molar-refractivity contribution < 1.29 is 14.3 Å². The largest absolute Gasteiger partial charge is 0.450 e. The van der Waals surface area contributed by atoms with E-state index in [0.717, 1.165) is 35.2 Å². The Balaban J connectivity index is 1.35. The third-order valence-electron chi connectivity index (χ3n) is 6.64. The SMILES string of the molecule is CCOC(=O)N1CCN(C(=O)c2sc3nc4c(cc3c2N)CC(c2ccccc2)CC4)CC1. The fourth-order valence-corrected chi connectivity index (χ4v) is 5.87. The molecule has 1 fully saturated rings. The maximum Gasteiger partial charge on any atom is 0.409 e. The number of rotatable bonds is 3. The van der Waals surface area contributed by atoms with Gasteiger partial charge in [0.1, 0.15) is 9.71 Å². The van der Waals surface area contributed by atoms with Gasteiger partial charge < -0.3 is 20.3 Å². The summed E-state index contributed by atoms with van der Waals surface area (Å²) in [6, 6.07) is 12.8. The van der Waals surface area contributed by atoms with Gasteiger partial charge in [0.25, 0.3) is 5.91 Å². The second-order valence-electron chi connectivity index (χ2n) is 8.62. The predicted molar refractivity (Wildman–Crippen MR) is 130 cm³/mol. The molecule has 0 saturated carbocycles. The fourth-order valence-electron chi connectivity index (χ4n) is 4.81. The molecule has 7 nitrogen and oxygen atoms in total. The molecule has 2 aromatic heterocycles. The summed E-state index contributed by atoms with van der Waals surface area (Å²) in [4.78, 5) is 34.9. The quantitative estimate of drug-likeness (QED) is 0.631. The lowest BCUT2D eigenvalue weighted by Gasteiger charge is -2.33. The highest BCUT2D eigenvalue weighted by Gasteiger charge is 2.29. The molecular weight excluding hydrogens is 436 g/mol. The van der Waals surface area contributed by atoms with Crippen molar-refractivity contribution in [1.82, 2.24) is 14.8 Å². The molecule has 33 heavy (non-hydrogen) atoms. The molecule has 2 amide bonds. The first-order chi connectivity index (χ1) is 16.0. The first-order valence-electron chi connectivity index (χ1n) is 11.5. The van der Waals surface area contributed by atoms with Crippen molar-refractivity contribution in [3.05, 3.63) is 58.1 Å². The number of carbonyl (C=O) groups excluding carboxylic acids is 2. The molecule has 5 rings (SSSR count). The molecule has 0 radical (unpaired) electrons. The van der Waals surface area contributed by atoms with Gasteiger partial charge in [-0.05, 0) is 49.3 Å². The molecule has 2 N–H and O–H groups in total. The van der Waals surface area contributed by atoms with Crippen LogP contribution in [0.2, 0.25) is 0 Å². The first-order valence-corrected chi connectivity index (χ1v) is 12.3. The smallest absolute Gasteiger partial charge is 0.409 e. The van der Waals surface area contributed by atoms with Crippen LogP contribution in [0.3, 0.4) is 0 Å². The van der Waals surface area contributed by atoms with Crippen LogP contribution in [0.15, 0.2) is 36.4 Å². The molecule has 172 valence electrons. The summed E-state index contributed by atoms with van der Waals surface area (Å²) >= 11 is 1.38. The molecule has 1 saturated heterocycles. The summed E-state index contributed by atoms with van der Waals surface area (Å²) < 4.78 is 5.06.